The first kappa shape index (κ1) is 19.5. The quantitative estimate of drug-likeness (QED) is 0.522. The van der Waals surface area contributed by atoms with Crippen LogP contribution in [0.5, 0.6) is 5.88 Å². The molecule has 1 aromatic rings. The number of pyridine rings is 1. The first-order valence-electron chi connectivity index (χ1n) is 8.95. The fourth-order valence-corrected chi connectivity index (χ4v) is 2.39. The molecular formula is C18H30N4O3. The second-order valence-electron chi connectivity index (χ2n) is 6.14. The molecule has 1 aromatic heterocycles. The van der Waals surface area contributed by atoms with E-state index >= 15 is 0 Å². The van der Waals surface area contributed by atoms with Crippen molar-refractivity contribution in [2.75, 3.05) is 33.5 Å². The zero-order chi connectivity index (χ0) is 17.9. The highest BCUT2D eigenvalue weighted by Crippen LogP contribution is 2.09. The molecule has 7 heteroatoms. The van der Waals surface area contributed by atoms with E-state index in [2.05, 4.69) is 34.5 Å². The highest BCUT2D eigenvalue weighted by atomic mass is 16.5. The van der Waals surface area contributed by atoms with E-state index in [9.17, 15) is 0 Å². The number of nitrogens with zero attached hydrogens (tertiary/aromatic N) is 2. The molecule has 0 spiro atoms. The average molecular weight is 350 g/mol. The molecule has 0 amide bonds. The fraction of sp³-hybridized carbons (Fsp3) is 0.667. The van der Waals surface area contributed by atoms with Crippen LogP contribution in [-0.2, 0) is 16.0 Å². The maximum atomic E-state index is 5.82. The number of hydrogen-bond donors (Lipinski definition) is 2. The Bertz CT molecular complexity index is 516. The van der Waals surface area contributed by atoms with Gasteiger partial charge in [-0.25, -0.2) is 4.98 Å². The monoisotopic (exact) mass is 350 g/mol. The van der Waals surface area contributed by atoms with Crippen molar-refractivity contribution in [3.63, 3.8) is 0 Å². The van der Waals surface area contributed by atoms with Crippen molar-refractivity contribution in [1.29, 1.82) is 0 Å². The third kappa shape index (κ3) is 7.27. The first-order chi connectivity index (χ1) is 12.2. The predicted molar refractivity (Wildman–Crippen MR) is 98.0 cm³/mol. The Hall–Kier alpha value is -1.86. The number of guanidine groups is 1. The molecular weight excluding hydrogens is 320 g/mol. The maximum Gasteiger partial charge on any atom is 0.213 e. The summed E-state index contributed by atoms with van der Waals surface area (Å²) in [6.45, 7) is 7.60. The number of ether oxygens (including phenoxy) is 3. The van der Waals surface area contributed by atoms with Gasteiger partial charge in [-0.15, -0.1) is 0 Å². The zero-order valence-electron chi connectivity index (χ0n) is 15.5. The molecule has 2 atom stereocenters. The van der Waals surface area contributed by atoms with Gasteiger partial charge in [-0.1, -0.05) is 13.0 Å². The molecule has 1 aliphatic rings. The first-order valence-corrected chi connectivity index (χ1v) is 8.95. The van der Waals surface area contributed by atoms with E-state index in [1.807, 2.05) is 18.3 Å². The van der Waals surface area contributed by atoms with Crippen LogP contribution in [-0.4, -0.2) is 56.6 Å². The van der Waals surface area contributed by atoms with Crippen LogP contribution in [0, 0.1) is 0 Å². The highest BCUT2D eigenvalue weighted by molar-refractivity contribution is 5.79. The van der Waals surface area contributed by atoms with Crippen LogP contribution in [0.4, 0.5) is 0 Å². The van der Waals surface area contributed by atoms with E-state index in [4.69, 9.17) is 14.2 Å². The molecule has 0 aliphatic carbocycles. The Kier molecular flexibility index (Phi) is 8.48. The number of rotatable bonds is 9. The Morgan fingerprint density at radius 3 is 3.00 bits per heavy atom. The summed E-state index contributed by atoms with van der Waals surface area (Å²) >= 11 is 0. The van der Waals surface area contributed by atoms with Crippen molar-refractivity contribution in [1.82, 2.24) is 15.6 Å². The van der Waals surface area contributed by atoms with E-state index in [1.54, 1.807) is 7.05 Å². The lowest BCUT2D eigenvalue weighted by Gasteiger charge is -2.19. The Balaban J connectivity index is 1.70. The van der Waals surface area contributed by atoms with Crippen molar-refractivity contribution in [3.05, 3.63) is 23.9 Å². The van der Waals surface area contributed by atoms with Gasteiger partial charge in [-0.2, -0.15) is 0 Å². The van der Waals surface area contributed by atoms with Crippen LogP contribution in [0.15, 0.2) is 23.3 Å². The molecule has 140 valence electrons. The van der Waals surface area contributed by atoms with Crippen LogP contribution >= 0.6 is 0 Å². The lowest BCUT2D eigenvalue weighted by molar-refractivity contribution is 0.0347. The molecule has 0 aromatic carbocycles. The Morgan fingerprint density at radius 2 is 2.36 bits per heavy atom. The molecule has 25 heavy (non-hydrogen) atoms. The summed E-state index contributed by atoms with van der Waals surface area (Å²) in [6.07, 6.45) is 3.99. The predicted octanol–water partition coefficient (Wildman–Crippen LogP) is 1.73. The third-order valence-electron chi connectivity index (χ3n) is 3.79. The SMILES string of the molecule is CCCOc1ccc(CNC(=NC)NC(C)COC2CCOC2)cn1. The van der Waals surface area contributed by atoms with Crippen LogP contribution < -0.4 is 15.4 Å². The summed E-state index contributed by atoms with van der Waals surface area (Å²) in [6, 6.07) is 4.06. The maximum absolute atomic E-state index is 5.82. The summed E-state index contributed by atoms with van der Waals surface area (Å²) in [7, 11) is 1.76. The minimum absolute atomic E-state index is 0.162. The molecule has 1 fully saturated rings. The van der Waals surface area contributed by atoms with Gasteiger partial charge in [-0.3, -0.25) is 4.99 Å². The largest absolute Gasteiger partial charge is 0.478 e. The lowest BCUT2D eigenvalue weighted by atomic mass is 10.3. The molecule has 0 saturated carbocycles. The minimum atomic E-state index is 0.162. The van der Waals surface area contributed by atoms with Gasteiger partial charge in [0, 0.05) is 38.5 Å². The number of aromatic nitrogens is 1. The average Bonchev–Trinajstić information content (AvgIpc) is 3.16. The fourth-order valence-electron chi connectivity index (χ4n) is 2.39. The van der Waals surface area contributed by atoms with Crippen molar-refractivity contribution >= 4 is 5.96 Å². The summed E-state index contributed by atoms with van der Waals surface area (Å²) in [5, 5.41) is 6.61. The molecule has 7 nitrogen and oxygen atoms in total. The summed E-state index contributed by atoms with van der Waals surface area (Å²) in [5.74, 6) is 1.40. The van der Waals surface area contributed by atoms with Crippen LogP contribution in [0.25, 0.3) is 0 Å². The summed E-state index contributed by atoms with van der Waals surface area (Å²) in [5.41, 5.74) is 1.07. The van der Waals surface area contributed by atoms with E-state index in [0.717, 1.165) is 31.0 Å². The van der Waals surface area contributed by atoms with Crippen molar-refractivity contribution < 1.29 is 14.2 Å². The standard InChI is InChI=1S/C18H30N4O3/c1-4-8-24-17-6-5-15(10-20-17)11-21-18(19-3)22-14(2)12-25-16-7-9-23-13-16/h5-6,10,14,16H,4,7-9,11-13H2,1-3H3,(H2,19,21,22). The highest BCUT2D eigenvalue weighted by Gasteiger charge is 2.17. The normalized spacial score (nSPS) is 18.8. The van der Waals surface area contributed by atoms with Crippen molar-refractivity contribution in [2.45, 2.75) is 45.4 Å². The molecule has 1 aliphatic heterocycles. The minimum Gasteiger partial charge on any atom is -0.478 e. The number of aliphatic imine (C=N–C) groups is 1. The molecule has 2 N–H and O–H groups in total. The number of nitrogens with one attached hydrogen (secondary N) is 2. The molecule has 2 heterocycles. The molecule has 2 unspecified atom stereocenters. The summed E-state index contributed by atoms with van der Waals surface area (Å²) in [4.78, 5) is 8.55. The second-order valence-corrected chi connectivity index (χ2v) is 6.14. The van der Waals surface area contributed by atoms with Crippen molar-refractivity contribution in [3.8, 4) is 5.88 Å². The van der Waals surface area contributed by atoms with Gasteiger partial charge >= 0.3 is 0 Å². The Morgan fingerprint density at radius 1 is 1.48 bits per heavy atom. The van der Waals surface area contributed by atoms with E-state index in [1.165, 1.54) is 0 Å². The molecule has 0 radical (unpaired) electrons. The van der Waals surface area contributed by atoms with Gasteiger partial charge < -0.3 is 24.8 Å². The van der Waals surface area contributed by atoms with E-state index < -0.39 is 0 Å². The van der Waals surface area contributed by atoms with E-state index in [-0.39, 0.29) is 12.1 Å². The van der Waals surface area contributed by atoms with Gasteiger partial charge in [0.2, 0.25) is 5.88 Å². The zero-order valence-corrected chi connectivity index (χ0v) is 15.5. The van der Waals surface area contributed by atoms with Crippen LogP contribution in [0.2, 0.25) is 0 Å². The summed E-state index contributed by atoms with van der Waals surface area (Å²) < 4.78 is 16.6. The van der Waals surface area contributed by atoms with Gasteiger partial charge in [0.25, 0.3) is 0 Å². The number of hydrogen-bond acceptors (Lipinski definition) is 5. The molecule has 2 rings (SSSR count). The molecule has 1 saturated heterocycles. The third-order valence-corrected chi connectivity index (χ3v) is 3.79. The van der Waals surface area contributed by atoms with Gasteiger partial charge in [-0.05, 0) is 25.3 Å². The lowest BCUT2D eigenvalue weighted by Crippen LogP contribution is -2.44. The van der Waals surface area contributed by atoms with Crippen molar-refractivity contribution in [2.24, 2.45) is 4.99 Å². The van der Waals surface area contributed by atoms with E-state index in [0.29, 0.717) is 32.2 Å². The Labute approximate surface area is 150 Å². The molecule has 0 bridgehead atoms. The van der Waals surface area contributed by atoms with Gasteiger partial charge in [0.1, 0.15) is 0 Å². The van der Waals surface area contributed by atoms with Crippen LogP contribution in [0.3, 0.4) is 0 Å². The van der Waals surface area contributed by atoms with Crippen LogP contribution in [0.1, 0.15) is 32.3 Å². The second kappa shape index (κ2) is 10.9. The smallest absolute Gasteiger partial charge is 0.213 e. The van der Waals surface area contributed by atoms with Gasteiger partial charge in [0.15, 0.2) is 5.96 Å². The topological polar surface area (TPSA) is 77.0 Å². The van der Waals surface area contributed by atoms with Gasteiger partial charge in [0.05, 0.1) is 25.9 Å².